The van der Waals surface area contributed by atoms with Crippen molar-refractivity contribution >= 4 is 16.6 Å². The molecule has 1 aromatic carbocycles. The first-order valence-electron chi connectivity index (χ1n) is 7.62. The smallest absolute Gasteiger partial charge is 0.271 e. The van der Waals surface area contributed by atoms with Gasteiger partial charge in [0.15, 0.2) is 0 Å². The summed E-state index contributed by atoms with van der Waals surface area (Å²) in [5.74, 6) is 0.427. The predicted octanol–water partition coefficient (Wildman–Crippen LogP) is 2.95. The van der Waals surface area contributed by atoms with E-state index in [2.05, 4.69) is 35.2 Å². The van der Waals surface area contributed by atoms with E-state index in [9.17, 15) is 9.59 Å². The van der Waals surface area contributed by atoms with Crippen molar-refractivity contribution in [3.05, 3.63) is 74.4 Å². The fourth-order valence-electron chi connectivity index (χ4n) is 2.51. The molecule has 0 fully saturated rings. The number of benzene rings is 1. The topological polar surface area (TPSA) is 77.8 Å². The largest absolute Gasteiger partial charge is 0.376 e. The standard InChI is InChI=1S/C18H19N3O2/c1-11(2)12-5-6-15-13(8-12)9-14(17(22)21-15)10-20-16-4-3-7-19-18(16)23/h3-9,11,20H,10H2,1-2H3,(H,19,23)(H,21,22). The molecule has 0 unspecified atom stereocenters. The molecule has 118 valence electrons. The number of H-pyrrole nitrogens is 2. The Morgan fingerprint density at radius 2 is 1.91 bits per heavy atom. The molecule has 2 heterocycles. The third-order valence-corrected chi connectivity index (χ3v) is 3.90. The second-order valence-corrected chi connectivity index (χ2v) is 5.89. The summed E-state index contributed by atoms with van der Waals surface area (Å²) in [6.07, 6.45) is 1.57. The molecule has 5 nitrogen and oxygen atoms in total. The minimum Gasteiger partial charge on any atom is -0.376 e. The minimum absolute atomic E-state index is 0.144. The molecule has 0 radical (unpaired) electrons. The van der Waals surface area contributed by atoms with Gasteiger partial charge in [-0.05, 0) is 47.2 Å². The summed E-state index contributed by atoms with van der Waals surface area (Å²) in [6, 6.07) is 11.4. The van der Waals surface area contributed by atoms with Crippen LogP contribution in [0.5, 0.6) is 0 Å². The Morgan fingerprint density at radius 1 is 1.09 bits per heavy atom. The van der Waals surface area contributed by atoms with E-state index >= 15 is 0 Å². The molecule has 3 N–H and O–H groups in total. The third-order valence-electron chi connectivity index (χ3n) is 3.90. The summed E-state index contributed by atoms with van der Waals surface area (Å²) in [6.45, 7) is 4.57. The summed E-state index contributed by atoms with van der Waals surface area (Å²) in [7, 11) is 0. The maximum absolute atomic E-state index is 12.2. The zero-order valence-electron chi connectivity index (χ0n) is 13.1. The molecular weight excluding hydrogens is 290 g/mol. The maximum Gasteiger partial charge on any atom is 0.271 e. The SMILES string of the molecule is CC(C)c1ccc2[nH]c(=O)c(CNc3ccc[nH]c3=O)cc2c1. The van der Waals surface area contributed by atoms with Crippen molar-refractivity contribution in [2.75, 3.05) is 5.32 Å². The van der Waals surface area contributed by atoms with Gasteiger partial charge >= 0.3 is 0 Å². The molecule has 0 atom stereocenters. The van der Waals surface area contributed by atoms with Crippen LogP contribution >= 0.6 is 0 Å². The normalized spacial score (nSPS) is 11.1. The van der Waals surface area contributed by atoms with Crippen LogP contribution in [0.25, 0.3) is 10.9 Å². The molecule has 0 bridgehead atoms. The number of fused-ring (bicyclic) bond motifs is 1. The summed E-state index contributed by atoms with van der Waals surface area (Å²) in [4.78, 5) is 29.3. The van der Waals surface area contributed by atoms with E-state index in [-0.39, 0.29) is 11.1 Å². The van der Waals surface area contributed by atoms with E-state index < -0.39 is 0 Å². The van der Waals surface area contributed by atoms with Gasteiger partial charge in [0.2, 0.25) is 0 Å². The van der Waals surface area contributed by atoms with E-state index in [4.69, 9.17) is 0 Å². The molecular formula is C18H19N3O2. The molecule has 2 aromatic heterocycles. The average molecular weight is 309 g/mol. The first kappa shape index (κ1) is 15.1. The summed E-state index contributed by atoms with van der Waals surface area (Å²) >= 11 is 0. The third kappa shape index (κ3) is 3.18. The van der Waals surface area contributed by atoms with Gasteiger partial charge in [-0.3, -0.25) is 9.59 Å². The van der Waals surface area contributed by atoms with E-state index in [0.29, 0.717) is 23.7 Å². The molecule has 0 aliphatic heterocycles. The van der Waals surface area contributed by atoms with Crippen molar-refractivity contribution in [1.29, 1.82) is 0 Å². The Labute approximate surface area is 133 Å². The fraction of sp³-hybridized carbons (Fsp3) is 0.222. The highest BCUT2D eigenvalue weighted by atomic mass is 16.1. The maximum atomic E-state index is 12.2. The summed E-state index contributed by atoms with van der Waals surface area (Å²) in [5, 5.41) is 4.00. The lowest BCUT2D eigenvalue weighted by Gasteiger charge is -2.09. The van der Waals surface area contributed by atoms with Crippen molar-refractivity contribution in [3.63, 3.8) is 0 Å². The van der Waals surface area contributed by atoms with Crippen LogP contribution < -0.4 is 16.4 Å². The van der Waals surface area contributed by atoms with Crippen molar-refractivity contribution in [1.82, 2.24) is 9.97 Å². The number of aromatic nitrogens is 2. The van der Waals surface area contributed by atoms with Crippen LogP contribution in [0.15, 0.2) is 52.2 Å². The minimum atomic E-state index is -0.202. The molecule has 0 aliphatic carbocycles. The number of rotatable bonds is 4. The van der Waals surface area contributed by atoms with E-state index in [1.54, 1.807) is 18.3 Å². The highest BCUT2D eigenvalue weighted by Gasteiger charge is 2.06. The number of anilines is 1. The Hall–Kier alpha value is -2.82. The van der Waals surface area contributed by atoms with Gasteiger partial charge in [-0.2, -0.15) is 0 Å². The lowest BCUT2D eigenvalue weighted by molar-refractivity contribution is 0.868. The van der Waals surface area contributed by atoms with Crippen molar-refractivity contribution < 1.29 is 0 Å². The zero-order valence-corrected chi connectivity index (χ0v) is 13.1. The fourth-order valence-corrected chi connectivity index (χ4v) is 2.51. The first-order chi connectivity index (χ1) is 11.0. The van der Waals surface area contributed by atoms with Crippen LogP contribution in [-0.4, -0.2) is 9.97 Å². The molecule has 3 aromatic rings. The molecule has 5 heteroatoms. The number of aromatic amines is 2. The second kappa shape index (κ2) is 6.12. The van der Waals surface area contributed by atoms with Crippen molar-refractivity contribution in [2.24, 2.45) is 0 Å². The van der Waals surface area contributed by atoms with Gasteiger partial charge in [-0.25, -0.2) is 0 Å². The van der Waals surface area contributed by atoms with Gasteiger partial charge in [-0.1, -0.05) is 19.9 Å². The Kier molecular flexibility index (Phi) is 4.02. The molecule has 0 saturated carbocycles. The number of hydrogen-bond donors (Lipinski definition) is 3. The van der Waals surface area contributed by atoms with Gasteiger partial charge in [0.1, 0.15) is 5.69 Å². The van der Waals surface area contributed by atoms with Crippen LogP contribution in [0.2, 0.25) is 0 Å². The molecule has 0 spiro atoms. The van der Waals surface area contributed by atoms with Crippen LogP contribution in [0, 0.1) is 0 Å². The van der Waals surface area contributed by atoms with Crippen molar-refractivity contribution in [2.45, 2.75) is 26.3 Å². The Morgan fingerprint density at radius 3 is 2.65 bits per heavy atom. The Bertz CT molecular complexity index is 954. The lowest BCUT2D eigenvalue weighted by atomic mass is 10.0. The summed E-state index contributed by atoms with van der Waals surface area (Å²) in [5.41, 5.74) is 2.75. The molecule has 0 amide bonds. The zero-order chi connectivity index (χ0) is 16.4. The van der Waals surface area contributed by atoms with Gasteiger partial charge < -0.3 is 15.3 Å². The quantitative estimate of drug-likeness (QED) is 0.693. The average Bonchev–Trinajstić information content (AvgIpc) is 2.53. The Balaban J connectivity index is 1.94. The van der Waals surface area contributed by atoms with Crippen LogP contribution in [0.4, 0.5) is 5.69 Å². The highest BCUT2D eigenvalue weighted by molar-refractivity contribution is 5.79. The molecule has 23 heavy (non-hydrogen) atoms. The lowest BCUT2D eigenvalue weighted by Crippen LogP contribution is -2.18. The molecule has 0 saturated heterocycles. The van der Waals surface area contributed by atoms with Crippen LogP contribution in [0.1, 0.15) is 30.9 Å². The first-order valence-corrected chi connectivity index (χ1v) is 7.62. The van der Waals surface area contributed by atoms with Gasteiger partial charge in [0.25, 0.3) is 11.1 Å². The van der Waals surface area contributed by atoms with Crippen LogP contribution in [0.3, 0.4) is 0 Å². The van der Waals surface area contributed by atoms with Gasteiger partial charge in [0, 0.05) is 23.8 Å². The van der Waals surface area contributed by atoms with Crippen LogP contribution in [-0.2, 0) is 6.54 Å². The molecule has 0 aliphatic rings. The predicted molar refractivity (Wildman–Crippen MR) is 93.0 cm³/mol. The van der Waals surface area contributed by atoms with E-state index in [1.807, 2.05) is 18.2 Å². The number of pyridine rings is 2. The summed E-state index contributed by atoms with van der Waals surface area (Å²) < 4.78 is 0. The van der Waals surface area contributed by atoms with E-state index in [0.717, 1.165) is 10.9 Å². The highest BCUT2D eigenvalue weighted by Crippen LogP contribution is 2.20. The van der Waals surface area contributed by atoms with E-state index in [1.165, 1.54) is 5.56 Å². The second-order valence-electron chi connectivity index (χ2n) is 5.89. The van der Waals surface area contributed by atoms with Gasteiger partial charge in [-0.15, -0.1) is 0 Å². The van der Waals surface area contributed by atoms with Gasteiger partial charge in [0.05, 0.1) is 0 Å². The van der Waals surface area contributed by atoms with Crippen molar-refractivity contribution in [3.8, 4) is 0 Å². The molecule has 3 rings (SSSR count). The number of hydrogen-bond acceptors (Lipinski definition) is 3. The number of nitrogens with one attached hydrogen (secondary N) is 3. The monoisotopic (exact) mass is 309 g/mol.